The molecular weight excluding hydrogens is 306 g/mol. The van der Waals surface area contributed by atoms with E-state index in [1.54, 1.807) is 0 Å². The molecule has 5 nitrogen and oxygen atoms in total. The number of nitrogens with zero attached hydrogens (tertiary/aromatic N) is 2. The molecule has 0 aliphatic carbocycles. The predicted molar refractivity (Wildman–Crippen MR) is 87.8 cm³/mol. The van der Waals surface area contributed by atoms with Gasteiger partial charge < -0.3 is 14.9 Å². The second kappa shape index (κ2) is 7.20. The molecular formula is C14H17N3O2S2. The van der Waals surface area contributed by atoms with Gasteiger partial charge in [-0.15, -0.1) is 11.8 Å². The number of benzene rings is 1. The second-order valence-electron chi connectivity index (χ2n) is 4.62. The SMILES string of the molecule is OCCNc1ccc(-c2nc(C3CSCCS3)no2)cc1. The highest BCUT2D eigenvalue weighted by atomic mass is 32.2. The van der Waals surface area contributed by atoms with Crippen LogP contribution in [-0.2, 0) is 0 Å². The van der Waals surface area contributed by atoms with Crippen LogP contribution in [0.15, 0.2) is 28.8 Å². The van der Waals surface area contributed by atoms with Crippen LogP contribution >= 0.6 is 23.5 Å². The van der Waals surface area contributed by atoms with Gasteiger partial charge in [-0.3, -0.25) is 0 Å². The molecule has 1 atom stereocenters. The number of aliphatic hydroxyl groups is 1. The fourth-order valence-corrected chi connectivity index (χ4v) is 4.64. The first kappa shape index (κ1) is 14.7. The number of thioether (sulfide) groups is 2. The molecule has 1 aliphatic heterocycles. The lowest BCUT2D eigenvalue weighted by Crippen LogP contribution is -2.07. The van der Waals surface area contributed by atoms with E-state index in [9.17, 15) is 0 Å². The lowest BCUT2D eigenvalue weighted by Gasteiger charge is -2.16. The van der Waals surface area contributed by atoms with Crippen LogP contribution in [0.4, 0.5) is 5.69 Å². The normalized spacial score (nSPS) is 18.6. The molecule has 1 aromatic carbocycles. The molecule has 112 valence electrons. The molecule has 0 radical (unpaired) electrons. The third-order valence-electron chi connectivity index (χ3n) is 3.12. The number of nitrogens with one attached hydrogen (secondary N) is 1. The quantitative estimate of drug-likeness (QED) is 0.876. The standard InChI is InChI=1S/C14H17N3O2S2/c18-6-5-15-11-3-1-10(2-4-11)14-16-13(17-19-14)12-9-20-7-8-21-12/h1-4,12,15,18H,5-9H2. The van der Waals surface area contributed by atoms with E-state index in [4.69, 9.17) is 9.63 Å². The van der Waals surface area contributed by atoms with E-state index in [0.717, 1.165) is 28.6 Å². The molecule has 0 amide bonds. The maximum atomic E-state index is 8.79. The van der Waals surface area contributed by atoms with Gasteiger partial charge in [0.05, 0.1) is 11.9 Å². The first-order valence-electron chi connectivity index (χ1n) is 6.85. The Balaban J connectivity index is 1.70. The fraction of sp³-hybridized carbons (Fsp3) is 0.429. The summed E-state index contributed by atoms with van der Waals surface area (Å²) in [6.45, 7) is 0.659. The Morgan fingerprint density at radius 3 is 2.86 bits per heavy atom. The van der Waals surface area contributed by atoms with E-state index in [0.29, 0.717) is 17.7 Å². The Labute approximate surface area is 131 Å². The van der Waals surface area contributed by atoms with Crippen molar-refractivity contribution in [1.29, 1.82) is 0 Å². The zero-order chi connectivity index (χ0) is 14.5. The number of aliphatic hydroxyl groups excluding tert-OH is 1. The molecule has 0 saturated carbocycles. The lowest BCUT2D eigenvalue weighted by molar-refractivity contribution is 0.311. The topological polar surface area (TPSA) is 71.2 Å². The van der Waals surface area contributed by atoms with Gasteiger partial charge in [0, 0.05) is 35.1 Å². The van der Waals surface area contributed by atoms with Gasteiger partial charge in [0.1, 0.15) is 0 Å². The van der Waals surface area contributed by atoms with Crippen molar-refractivity contribution in [2.24, 2.45) is 0 Å². The minimum atomic E-state index is 0.117. The number of aromatic nitrogens is 2. The Morgan fingerprint density at radius 1 is 1.29 bits per heavy atom. The van der Waals surface area contributed by atoms with Crippen molar-refractivity contribution >= 4 is 29.2 Å². The highest BCUT2D eigenvalue weighted by Crippen LogP contribution is 2.35. The van der Waals surface area contributed by atoms with Crippen LogP contribution in [0.2, 0.25) is 0 Å². The molecule has 2 aromatic rings. The number of anilines is 1. The zero-order valence-corrected chi connectivity index (χ0v) is 13.1. The van der Waals surface area contributed by atoms with Crippen LogP contribution < -0.4 is 5.32 Å². The Kier molecular flexibility index (Phi) is 5.05. The molecule has 1 aromatic heterocycles. The summed E-state index contributed by atoms with van der Waals surface area (Å²) in [7, 11) is 0. The van der Waals surface area contributed by atoms with Crippen LogP contribution in [-0.4, -0.2) is 45.7 Å². The summed E-state index contributed by atoms with van der Waals surface area (Å²) in [5.41, 5.74) is 1.88. The first-order chi connectivity index (χ1) is 10.4. The minimum absolute atomic E-state index is 0.117. The maximum absolute atomic E-state index is 8.79. The zero-order valence-electron chi connectivity index (χ0n) is 11.5. The van der Waals surface area contributed by atoms with Crippen LogP contribution in [0.25, 0.3) is 11.5 Å². The van der Waals surface area contributed by atoms with E-state index in [1.165, 1.54) is 5.75 Å². The molecule has 0 spiro atoms. The minimum Gasteiger partial charge on any atom is -0.395 e. The van der Waals surface area contributed by atoms with Crippen molar-refractivity contribution in [2.45, 2.75) is 5.25 Å². The van der Waals surface area contributed by atoms with Crippen molar-refractivity contribution in [2.75, 3.05) is 35.7 Å². The van der Waals surface area contributed by atoms with E-state index in [2.05, 4.69) is 15.5 Å². The van der Waals surface area contributed by atoms with Gasteiger partial charge in [-0.2, -0.15) is 16.7 Å². The largest absolute Gasteiger partial charge is 0.395 e. The summed E-state index contributed by atoms with van der Waals surface area (Å²) in [5.74, 6) is 4.76. The van der Waals surface area contributed by atoms with Gasteiger partial charge in [0.2, 0.25) is 0 Å². The summed E-state index contributed by atoms with van der Waals surface area (Å²) < 4.78 is 5.38. The van der Waals surface area contributed by atoms with Crippen molar-refractivity contribution in [3.8, 4) is 11.5 Å². The van der Waals surface area contributed by atoms with E-state index >= 15 is 0 Å². The maximum Gasteiger partial charge on any atom is 0.257 e. The molecule has 2 N–H and O–H groups in total. The fourth-order valence-electron chi connectivity index (χ4n) is 2.05. The third kappa shape index (κ3) is 3.72. The molecule has 0 bridgehead atoms. The number of hydrogen-bond donors (Lipinski definition) is 2. The van der Waals surface area contributed by atoms with E-state index in [-0.39, 0.29) is 6.61 Å². The smallest absolute Gasteiger partial charge is 0.257 e. The van der Waals surface area contributed by atoms with Crippen LogP contribution in [0.5, 0.6) is 0 Å². The third-order valence-corrected chi connectivity index (χ3v) is 5.87. The summed E-state index contributed by atoms with van der Waals surface area (Å²) in [6, 6.07) is 7.78. The predicted octanol–water partition coefficient (Wildman–Crippen LogP) is 2.66. The number of rotatable bonds is 5. The Bertz CT molecular complexity index is 568. The van der Waals surface area contributed by atoms with Crippen LogP contribution in [0.1, 0.15) is 11.1 Å². The highest BCUT2D eigenvalue weighted by Gasteiger charge is 2.22. The van der Waals surface area contributed by atoms with Gasteiger partial charge >= 0.3 is 0 Å². The Morgan fingerprint density at radius 2 is 2.14 bits per heavy atom. The highest BCUT2D eigenvalue weighted by molar-refractivity contribution is 8.06. The Hall–Kier alpha value is -1.18. The van der Waals surface area contributed by atoms with Gasteiger partial charge in [-0.05, 0) is 24.3 Å². The number of hydrogen-bond acceptors (Lipinski definition) is 7. The monoisotopic (exact) mass is 323 g/mol. The molecule has 1 aliphatic rings. The summed E-state index contributed by atoms with van der Waals surface area (Å²) in [5, 5.41) is 16.4. The first-order valence-corrected chi connectivity index (χ1v) is 9.05. The molecule has 7 heteroatoms. The van der Waals surface area contributed by atoms with Crippen LogP contribution in [0.3, 0.4) is 0 Å². The van der Waals surface area contributed by atoms with E-state index in [1.807, 2.05) is 47.8 Å². The van der Waals surface area contributed by atoms with Gasteiger partial charge in [0.15, 0.2) is 5.82 Å². The van der Waals surface area contributed by atoms with Crippen molar-refractivity contribution < 1.29 is 9.63 Å². The van der Waals surface area contributed by atoms with Crippen LogP contribution in [0, 0.1) is 0 Å². The average Bonchev–Trinajstić information content (AvgIpc) is 3.04. The molecule has 3 rings (SSSR count). The van der Waals surface area contributed by atoms with Crippen molar-refractivity contribution in [3.05, 3.63) is 30.1 Å². The molecule has 1 fully saturated rings. The summed E-state index contributed by atoms with van der Waals surface area (Å²) in [4.78, 5) is 4.52. The second-order valence-corrected chi connectivity index (χ2v) is 7.08. The van der Waals surface area contributed by atoms with Gasteiger partial charge in [0.25, 0.3) is 5.89 Å². The molecule has 21 heavy (non-hydrogen) atoms. The molecule has 1 saturated heterocycles. The molecule has 1 unspecified atom stereocenters. The van der Waals surface area contributed by atoms with Crippen molar-refractivity contribution in [1.82, 2.24) is 10.1 Å². The summed E-state index contributed by atoms with van der Waals surface area (Å²) in [6.07, 6.45) is 0. The lowest BCUT2D eigenvalue weighted by atomic mass is 10.2. The molecule has 2 heterocycles. The average molecular weight is 323 g/mol. The van der Waals surface area contributed by atoms with E-state index < -0.39 is 0 Å². The van der Waals surface area contributed by atoms with Gasteiger partial charge in [-0.1, -0.05) is 5.16 Å². The van der Waals surface area contributed by atoms with Crippen molar-refractivity contribution in [3.63, 3.8) is 0 Å². The van der Waals surface area contributed by atoms with Gasteiger partial charge in [-0.25, -0.2) is 0 Å². The summed E-state index contributed by atoms with van der Waals surface area (Å²) >= 11 is 3.84.